The van der Waals surface area contributed by atoms with Crippen molar-refractivity contribution in [1.82, 2.24) is 24.8 Å². The highest BCUT2D eigenvalue weighted by atomic mass is 32.2. The Bertz CT molecular complexity index is 1040. The van der Waals surface area contributed by atoms with Gasteiger partial charge in [-0.15, -0.1) is 5.10 Å². The number of nitrogens with zero attached hydrogens (tertiary/aromatic N) is 5. The minimum atomic E-state index is 0.0574. The van der Waals surface area contributed by atoms with E-state index in [4.69, 9.17) is 9.47 Å². The Balaban J connectivity index is 1.45. The molecule has 0 radical (unpaired) electrons. The van der Waals surface area contributed by atoms with Crippen molar-refractivity contribution in [3.8, 4) is 11.4 Å². The van der Waals surface area contributed by atoms with Gasteiger partial charge in [-0.05, 0) is 74.4 Å². The summed E-state index contributed by atoms with van der Waals surface area (Å²) >= 11 is 1.36. The van der Waals surface area contributed by atoms with Gasteiger partial charge in [0, 0.05) is 29.2 Å². The number of ketones is 1. The molecule has 1 aliphatic rings. The Hall–Kier alpha value is -2.65. The van der Waals surface area contributed by atoms with Crippen molar-refractivity contribution >= 4 is 17.5 Å². The lowest BCUT2D eigenvalue weighted by Gasteiger charge is -2.11. The zero-order chi connectivity index (χ0) is 21.8. The maximum absolute atomic E-state index is 13.0. The lowest BCUT2D eigenvalue weighted by Crippen LogP contribution is -2.17. The second-order valence-corrected chi connectivity index (χ2v) is 8.48. The fraction of sp³-hybridized carbons (Fsp3) is 0.455. The molecule has 1 saturated heterocycles. The average molecular weight is 442 g/mol. The first kappa shape index (κ1) is 21.6. The summed E-state index contributed by atoms with van der Waals surface area (Å²) in [4.78, 5) is 13.0. The number of hydrogen-bond donors (Lipinski definition) is 0. The number of ether oxygens (including phenoxy) is 2. The van der Waals surface area contributed by atoms with E-state index in [0.717, 1.165) is 47.8 Å². The normalized spacial score (nSPS) is 16.0. The number of tetrazole rings is 1. The van der Waals surface area contributed by atoms with Crippen LogP contribution in [0.15, 0.2) is 35.5 Å². The number of carbonyl (C=O) groups is 1. The molecule has 0 bridgehead atoms. The quantitative estimate of drug-likeness (QED) is 0.370. The zero-order valence-corrected chi connectivity index (χ0v) is 18.9. The van der Waals surface area contributed by atoms with Crippen molar-refractivity contribution in [3.05, 3.63) is 47.3 Å². The van der Waals surface area contributed by atoms with E-state index < -0.39 is 0 Å². The molecule has 31 heavy (non-hydrogen) atoms. The van der Waals surface area contributed by atoms with E-state index in [9.17, 15) is 4.79 Å². The fourth-order valence-corrected chi connectivity index (χ4v) is 4.67. The summed E-state index contributed by atoms with van der Waals surface area (Å²) < 4.78 is 15.0. The van der Waals surface area contributed by atoms with Crippen molar-refractivity contribution in [2.75, 3.05) is 19.0 Å². The van der Waals surface area contributed by atoms with Crippen LogP contribution in [-0.4, -0.2) is 55.6 Å². The first-order valence-corrected chi connectivity index (χ1v) is 11.5. The van der Waals surface area contributed by atoms with Crippen LogP contribution in [0.25, 0.3) is 5.69 Å². The maximum atomic E-state index is 13.0. The topological polar surface area (TPSA) is 84.1 Å². The third-order valence-electron chi connectivity index (χ3n) is 5.37. The number of aryl methyl sites for hydroxylation is 1. The molecule has 0 aliphatic carbocycles. The van der Waals surface area contributed by atoms with E-state index in [1.165, 1.54) is 11.8 Å². The number of carbonyl (C=O) groups excluding carboxylic acids is 1. The van der Waals surface area contributed by atoms with Crippen LogP contribution in [0.4, 0.5) is 0 Å². The molecule has 0 unspecified atom stereocenters. The predicted molar refractivity (Wildman–Crippen MR) is 118 cm³/mol. The summed E-state index contributed by atoms with van der Waals surface area (Å²) in [6, 6.07) is 9.86. The van der Waals surface area contributed by atoms with Gasteiger partial charge >= 0.3 is 0 Å². The summed E-state index contributed by atoms with van der Waals surface area (Å²) in [7, 11) is 0. The summed E-state index contributed by atoms with van der Waals surface area (Å²) in [5.41, 5.74) is 3.66. The maximum Gasteiger partial charge on any atom is 0.209 e. The van der Waals surface area contributed by atoms with Crippen LogP contribution in [0.2, 0.25) is 0 Å². The monoisotopic (exact) mass is 441 g/mol. The standard InChI is InChI=1S/C22H27N5O3S/c1-4-29-18-9-7-17(8-10-18)27-15(2)12-20(16(27)3)21(28)14-31-22-23-24-25-26(22)13-19-6-5-11-30-19/h7-10,12,19H,4-6,11,13-14H2,1-3H3/t19-/m1/s1. The summed E-state index contributed by atoms with van der Waals surface area (Å²) in [5, 5.41) is 12.5. The molecule has 1 aromatic carbocycles. The van der Waals surface area contributed by atoms with E-state index >= 15 is 0 Å². The molecule has 0 N–H and O–H groups in total. The van der Waals surface area contributed by atoms with E-state index in [-0.39, 0.29) is 17.6 Å². The van der Waals surface area contributed by atoms with Crippen LogP contribution in [-0.2, 0) is 11.3 Å². The van der Waals surface area contributed by atoms with Gasteiger partial charge in [-0.25, -0.2) is 4.68 Å². The number of Topliss-reactive ketones (excluding diaryl/α,β-unsaturated/α-hetero) is 1. The summed E-state index contributed by atoms with van der Waals surface area (Å²) in [5.74, 6) is 1.17. The van der Waals surface area contributed by atoms with Gasteiger partial charge in [-0.2, -0.15) is 0 Å². The van der Waals surface area contributed by atoms with Crippen LogP contribution in [0.1, 0.15) is 41.5 Å². The lowest BCUT2D eigenvalue weighted by molar-refractivity contribution is 0.0912. The molecule has 3 aromatic rings. The molecule has 3 heterocycles. The van der Waals surface area contributed by atoms with Crippen molar-refractivity contribution in [2.24, 2.45) is 0 Å². The van der Waals surface area contributed by atoms with Crippen molar-refractivity contribution in [2.45, 2.75) is 51.4 Å². The van der Waals surface area contributed by atoms with E-state index in [2.05, 4.69) is 20.1 Å². The van der Waals surface area contributed by atoms with Gasteiger partial charge in [0.05, 0.1) is 25.0 Å². The molecule has 4 rings (SSSR count). The minimum Gasteiger partial charge on any atom is -0.494 e. The van der Waals surface area contributed by atoms with Gasteiger partial charge in [0.2, 0.25) is 5.16 Å². The molecule has 0 saturated carbocycles. The molecule has 0 amide bonds. The number of thioether (sulfide) groups is 1. The average Bonchev–Trinajstić information content (AvgIpc) is 3.49. The van der Waals surface area contributed by atoms with Gasteiger partial charge in [-0.1, -0.05) is 11.8 Å². The Morgan fingerprint density at radius 1 is 1.29 bits per heavy atom. The van der Waals surface area contributed by atoms with Gasteiger partial charge in [0.15, 0.2) is 5.78 Å². The number of rotatable bonds is 9. The number of benzene rings is 1. The van der Waals surface area contributed by atoms with Crippen LogP contribution < -0.4 is 4.74 Å². The van der Waals surface area contributed by atoms with Crippen molar-refractivity contribution in [3.63, 3.8) is 0 Å². The number of hydrogen-bond acceptors (Lipinski definition) is 7. The smallest absolute Gasteiger partial charge is 0.209 e. The molecular formula is C22H27N5O3S. The lowest BCUT2D eigenvalue weighted by atomic mass is 10.2. The van der Waals surface area contributed by atoms with Crippen LogP contribution in [0.3, 0.4) is 0 Å². The Morgan fingerprint density at radius 2 is 2.10 bits per heavy atom. The highest BCUT2D eigenvalue weighted by Gasteiger charge is 2.21. The minimum absolute atomic E-state index is 0.0574. The SMILES string of the molecule is CCOc1ccc(-n2c(C)cc(C(=O)CSc3nnnn3C[C@H]3CCCO3)c2C)cc1. The fourth-order valence-electron chi connectivity index (χ4n) is 3.90. The van der Waals surface area contributed by atoms with E-state index in [0.29, 0.717) is 18.3 Å². The van der Waals surface area contributed by atoms with Crippen molar-refractivity contribution in [1.29, 1.82) is 0 Å². The molecule has 1 fully saturated rings. The zero-order valence-electron chi connectivity index (χ0n) is 18.1. The molecule has 0 spiro atoms. The number of aromatic nitrogens is 5. The van der Waals surface area contributed by atoms with E-state index in [1.807, 2.05) is 51.1 Å². The Morgan fingerprint density at radius 3 is 2.81 bits per heavy atom. The largest absolute Gasteiger partial charge is 0.494 e. The molecular weight excluding hydrogens is 414 g/mol. The second kappa shape index (κ2) is 9.65. The van der Waals surface area contributed by atoms with Gasteiger partial charge in [-0.3, -0.25) is 4.79 Å². The summed E-state index contributed by atoms with van der Waals surface area (Å²) in [6.45, 7) is 7.99. The van der Waals surface area contributed by atoms with Crippen LogP contribution >= 0.6 is 11.8 Å². The predicted octanol–water partition coefficient (Wildman–Crippen LogP) is 3.63. The Kier molecular flexibility index (Phi) is 6.72. The third-order valence-corrected chi connectivity index (χ3v) is 6.33. The first-order chi connectivity index (χ1) is 15.1. The van der Waals surface area contributed by atoms with Crippen LogP contribution in [0.5, 0.6) is 5.75 Å². The highest BCUT2D eigenvalue weighted by Crippen LogP contribution is 2.25. The molecule has 8 nitrogen and oxygen atoms in total. The third kappa shape index (κ3) is 4.83. The van der Waals surface area contributed by atoms with E-state index in [1.54, 1.807) is 4.68 Å². The van der Waals surface area contributed by atoms with Gasteiger partial charge in [0.25, 0.3) is 0 Å². The molecule has 164 valence electrons. The molecule has 9 heteroatoms. The molecule has 2 aromatic heterocycles. The van der Waals surface area contributed by atoms with Crippen LogP contribution in [0, 0.1) is 13.8 Å². The molecule has 1 aliphatic heterocycles. The second-order valence-electron chi connectivity index (χ2n) is 7.54. The first-order valence-electron chi connectivity index (χ1n) is 10.5. The van der Waals surface area contributed by atoms with Crippen molar-refractivity contribution < 1.29 is 14.3 Å². The van der Waals surface area contributed by atoms with Gasteiger partial charge in [0.1, 0.15) is 5.75 Å². The summed E-state index contributed by atoms with van der Waals surface area (Å²) in [6.07, 6.45) is 2.23. The highest BCUT2D eigenvalue weighted by molar-refractivity contribution is 7.99. The Labute approximate surface area is 185 Å². The van der Waals surface area contributed by atoms with Gasteiger partial charge < -0.3 is 14.0 Å². The molecule has 1 atom stereocenters.